The van der Waals surface area contributed by atoms with Crippen LogP contribution in [0.25, 0.3) is 0 Å². The van der Waals surface area contributed by atoms with Crippen LogP contribution in [0.15, 0.2) is 45.3 Å². The third-order valence-electron chi connectivity index (χ3n) is 3.64. The quantitative estimate of drug-likeness (QED) is 0.502. The first-order chi connectivity index (χ1) is 10.1. The average Bonchev–Trinajstić information content (AvgIpc) is 2.98. The van der Waals surface area contributed by atoms with Gasteiger partial charge in [0.2, 0.25) is 5.96 Å². The maximum Gasteiger partial charge on any atom is 0.211 e. The number of aryl methyl sites for hydroxylation is 1. The van der Waals surface area contributed by atoms with Crippen LogP contribution in [0.5, 0.6) is 0 Å². The molecule has 0 fully saturated rings. The molecule has 0 bridgehead atoms. The number of rotatable bonds is 2. The van der Waals surface area contributed by atoms with Gasteiger partial charge in [-0.25, -0.2) is 0 Å². The van der Waals surface area contributed by atoms with Crippen molar-refractivity contribution in [3.05, 3.63) is 53.2 Å². The number of nitrogens with two attached hydrogens (primary N) is 2. The van der Waals surface area contributed by atoms with E-state index in [9.17, 15) is 0 Å². The van der Waals surface area contributed by atoms with Gasteiger partial charge in [-0.3, -0.25) is 4.98 Å². The molecule has 0 saturated carbocycles. The van der Waals surface area contributed by atoms with Gasteiger partial charge in [-0.15, -0.1) is 17.5 Å². The Morgan fingerprint density at radius 2 is 2.14 bits per heavy atom. The SMILES string of the molecule is Cc1ccnc2c1/C(=N\N=C(N)N)CC(c1ccco1)C2.Cl. The fourth-order valence-corrected chi connectivity index (χ4v) is 2.74. The van der Waals surface area contributed by atoms with Gasteiger partial charge in [0, 0.05) is 30.5 Å². The largest absolute Gasteiger partial charge is 0.469 e. The molecule has 116 valence electrons. The Labute approximate surface area is 134 Å². The smallest absolute Gasteiger partial charge is 0.211 e. The number of aromatic nitrogens is 1. The lowest BCUT2D eigenvalue weighted by molar-refractivity contribution is 0.458. The summed E-state index contributed by atoms with van der Waals surface area (Å²) in [6.07, 6.45) is 5.05. The normalized spacial score (nSPS) is 18.4. The number of guanidine groups is 1. The van der Waals surface area contributed by atoms with E-state index in [0.29, 0.717) is 0 Å². The molecule has 2 aromatic rings. The summed E-state index contributed by atoms with van der Waals surface area (Å²) in [5.74, 6) is 1.09. The van der Waals surface area contributed by atoms with E-state index in [0.717, 1.165) is 41.1 Å². The fourth-order valence-electron chi connectivity index (χ4n) is 2.74. The van der Waals surface area contributed by atoms with Crippen molar-refractivity contribution in [3.63, 3.8) is 0 Å². The molecule has 1 unspecified atom stereocenters. The van der Waals surface area contributed by atoms with Crippen molar-refractivity contribution >= 4 is 24.1 Å². The van der Waals surface area contributed by atoms with Crippen LogP contribution in [0.2, 0.25) is 0 Å². The third kappa shape index (κ3) is 3.12. The summed E-state index contributed by atoms with van der Waals surface area (Å²) in [6.45, 7) is 2.04. The highest BCUT2D eigenvalue weighted by atomic mass is 35.5. The van der Waals surface area contributed by atoms with E-state index in [2.05, 4.69) is 15.2 Å². The molecular formula is C15H18ClN5O. The first-order valence-electron chi connectivity index (χ1n) is 6.79. The highest BCUT2D eigenvalue weighted by Gasteiger charge is 2.28. The molecule has 0 saturated heterocycles. The molecule has 1 atom stereocenters. The maximum atomic E-state index is 5.52. The van der Waals surface area contributed by atoms with E-state index in [1.54, 1.807) is 6.26 Å². The Hall–Kier alpha value is -2.34. The van der Waals surface area contributed by atoms with Gasteiger partial charge < -0.3 is 15.9 Å². The lowest BCUT2D eigenvalue weighted by Gasteiger charge is -2.24. The standard InChI is InChI=1S/C15H17N5O.ClH/c1-9-4-5-18-11-7-10(13-3-2-6-21-13)8-12(14(9)11)19-20-15(16)17;/h2-6,10H,7-8H2,1H3,(H4,16,17,20);1H/b19-12-;. The van der Waals surface area contributed by atoms with E-state index in [1.165, 1.54) is 0 Å². The second-order valence-electron chi connectivity index (χ2n) is 5.14. The van der Waals surface area contributed by atoms with Crippen molar-refractivity contribution in [2.45, 2.75) is 25.7 Å². The Kier molecular flexibility index (Phi) is 4.82. The summed E-state index contributed by atoms with van der Waals surface area (Å²) < 4.78 is 5.52. The lowest BCUT2D eigenvalue weighted by Crippen LogP contribution is -2.24. The Morgan fingerprint density at radius 3 is 2.82 bits per heavy atom. The van der Waals surface area contributed by atoms with Crippen LogP contribution in [0.3, 0.4) is 0 Å². The van der Waals surface area contributed by atoms with Crippen molar-refractivity contribution in [3.8, 4) is 0 Å². The second kappa shape index (κ2) is 6.62. The Balaban J connectivity index is 0.00000176. The molecule has 1 aliphatic carbocycles. The van der Waals surface area contributed by atoms with Gasteiger partial charge in [-0.1, -0.05) is 0 Å². The van der Waals surface area contributed by atoms with Crippen LogP contribution >= 0.6 is 12.4 Å². The van der Waals surface area contributed by atoms with Gasteiger partial charge in [0.15, 0.2) is 0 Å². The van der Waals surface area contributed by atoms with Crippen molar-refractivity contribution in [2.24, 2.45) is 21.7 Å². The molecule has 22 heavy (non-hydrogen) atoms. The molecule has 6 nitrogen and oxygen atoms in total. The van der Waals surface area contributed by atoms with E-state index < -0.39 is 0 Å². The molecular weight excluding hydrogens is 302 g/mol. The molecule has 0 aromatic carbocycles. The number of furan rings is 1. The van der Waals surface area contributed by atoms with Crippen LogP contribution in [0, 0.1) is 6.92 Å². The summed E-state index contributed by atoms with van der Waals surface area (Å²) in [7, 11) is 0. The third-order valence-corrected chi connectivity index (χ3v) is 3.64. The number of hydrogen-bond donors (Lipinski definition) is 2. The Morgan fingerprint density at radius 1 is 1.32 bits per heavy atom. The molecule has 0 spiro atoms. The molecule has 2 heterocycles. The number of halogens is 1. The van der Waals surface area contributed by atoms with Gasteiger partial charge in [-0.05, 0) is 30.7 Å². The fraction of sp³-hybridized carbons (Fsp3) is 0.267. The molecule has 0 radical (unpaired) electrons. The predicted molar refractivity (Wildman–Crippen MR) is 88.3 cm³/mol. The molecule has 3 rings (SSSR count). The molecule has 0 amide bonds. The van der Waals surface area contributed by atoms with Crippen molar-refractivity contribution in [1.82, 2.24) is 4.98 Å². The first-order valence-corrected chi connectivity index (χ1v) is 6.79. The summed E-state index contributed by atoms with van der Waals surface area (Å²) in [4.78, 5) is 4.48. The number of pyridine rings is 1. The van der Waals surface area contributed by atoms with Crippen LogP contribution in [-0.4, -0.2) is 16.7 Å². The highest BCUT2D eigenvalue weighted by Crippen LogP contribution is 2.33. The topological polar surface area (TPSA) is 103 Å². The zero-order chi connectivity index (χ0) is 14.8. The minimum Gasteiger partial charge on any atom is -0.469 e. The van der Waals surface area contributed by atoms with E-state index >= 15 is 0 Å². The first kappa shape index (κ1) is 16.0. The monoisotopic (exact) mass is 319 g/mol. The molecule has 2 aromatic heterocycles. The van der Waals surface area contributed by atoms with E-state index in [4.69, 9.17) is 15.9 Å². The molecule has 1 aliphatic rings. The van der Waals surface area contributed by atoms with Gasteiger partial charge in [-0.2, -0.15) is 5.10 Å². The number of hydrogen-bond acceptors (Lipinski definition) is 4. The second-order valence-corrected chi connectivity index (χ2v) is 5.14. The Bertz CT molecular complexity index is 705. The van der Waals surface area contributed by atoms with Crippen LogP contribution in [0.4, 0.5) is 0 Å². The lowest BCUT2D eigenvalue weighted by atomic mass is 9.82. The van der Waals surface area contributed by atoms with Gasteiger partial charge in [0.25, 0.3) is 0 Å². The minimum atomic E-state index is -0.0503. The predicted octanol–water partition coefficient (Wildman–Crippen LogP) is 2.11. The van der Waals surface area contributed by atoms with Crippen LogP contribution in [0.1, 0.15) is 34.9 Å². The van der Waals surface area contributed by atoms with Crippen molar-refractivity contribution < 1.29 is 4.42 Å². The van der Waals surface area contributed by atoms with Crippen LogP contribution in [-0.2, 0) is 6.42 Å². The number of nitrogens with zero attached hydrogens (tertiary/aromatic N) is 3. The molecule has 7 heteroatoms. The van der Waals surface area contributed by atoms with Crippen molar-refractivity contribution in [1.29, 1.82) is 0 Å². The summed E-state index contributed by atoms with van der Waals surface area (Å²) in [5, 5.41) is 8.02. The summed E-state index contributed by atoms with van der Waals surface area (Å²) >= 11 is 0. The number of fused-ring (bicyclic) bond motifs is 1. The summed E-state index contributed by atoms with van der Waals surface area (Å²) in [5.41, 5.74) is 14.8. The maximum absolute atomic E-state index is 5.52. The van der Waals surface area contributed by atoms with Gasteiger partial charge >= 0.3 is 0 Å². The van der Waals surface area contributed by atoms with Gasteiger partial charge in [0.1, 0.15) is 5.76 Å². The van der Waals surface area contributed by atoms with Crippen molar-refractivity contribution in [2.75, 3.05) is 0 Å². The van der Waals surface area contributed by atoms with Gasteiger partial charge in [0.05, 0.1) is 17.7 Å². The minimum absolute atomic E-state index is 0. The van der Waals surface area contributed by atoms with Crippen LogP contribution < -0.4 is 11.5 Å². The highest BCUT2D eigenvalue weighted by molar-refractivity contribution is 6.04. The molecule has 0 aliphatic heterocycles. The van der Waals surface area contributed by atoms with E-state index in [-0.39, 0.29) is 24.3 Å². The zero-order valence-corrected chi connectivity index (χ0v) is 13.0. The van der Waals surface area contributed by atoms with E-state index in [1.807, 2.05) is 31.3 Å². The average molecular weight is 320 g/mol. The zero-order valence-electron chi connectivity index (χ0n) is 12.2. The summed E-state index contributed by atoms with van der Waals surface area (Å²) in [6, 6.07) is 5.84. The molecule has 4 N–H and O–H groups in total.